The molecular formula is C16H21I3N6Ti-. The summed E-state index contributed by atoms with van der Waals surface area (Å²) in [5, 5.41) is 26.8. The van der Waals surface area contributed by atoms with Gasteiger partial charge in [-0.05, 0) is 0 Å². The molecule has 6 nitrogen and oxygen atoms in total. The van der Waals surface area contributed by atoms with Crippen LogP contribution < -0.4 is 13.3 Å². The molecule has 10 heteroatoms. The first-order valence-electron chi connectivity index (χ1n) is 7.96. The van der Waals surface area contributed by atoms with Crippen molar-refractivity contribution in [3.8, 4) is 0 Å². The number of rotatable bonds is 3. The predicted octanol–water partition coefficient (Wildman–Crippen LogP) is 3.85. The number of nitrogens with zero attached hydrogens (tertiary/aromatic N) is 6. The summed E-state index contributed by atoms with van der Waals surface area (Å²) in [6, 6.07) is 0. The van der Waals surface area contributed by atoms with Crippen LogP contribution in [-0.2, 0) is 20.4 Å². The van der Waals surface area contributed by atoms with Crippen LogP contribution in [0.25, 0.3) is 0 Å². The van der Waals surface area contributed by atoms with E-state index in [9.17, 15) is 0 Å². The fourth-order valence-electron chi connectivity index (χ4n) is 4.03. The molecule has 0 aromatic carbocycles. The Kier molecular flexibility index (Phi) is 7.45. The first-order chi connectivity index (χ1) is 12.0. The van der Waals surface area contributed by atoms with Crippen LogP contribution in [0.3, 0.4) is 0 Å². The summed E-state index contributed by atoms with van der Waals surface area (Å²) in [6.45, 7) is 12.2. The van der Waals surface area contributed by atoms with E-state index >= 15 is 0 Å². The average molecular weight is 726 g/mol. The molecule has 0 aromatic rings. The van der Waals surface area contributed by atoms with Gasteiger partial charge in [-0.1, -0.05) is 0 Å². The minimum atomic E-state index is -0.555. The third-order valence-electron chi connectivity index (χ3n) is 4.99. The molecule has 0 saturated carbocycles. The van der Waals surface area contributed by atoms with Gasteiger partial charge in [-0.25, -0.2) is 0 Å². The Labute approximate surface area is 196 Å². The van der Waals surface area contributed by atoms with Crippen LogP contribution in [0.1, 0.15) is 41.5 Å². The first kappa shape index (κ1) is 23.2. The van der Waals surface area contributed by atoms with Gasteiger partial charge in [0.05, 0.1) is 0 Å². The van der Waals surface area contributed by atoms with Gasteiger partial charge in [0.2, 0.25) is 0 Å². The van der Waals surface area contributed by atoms with Crippen molar-refractivity contribution in [2.45, 2.75) is 61.9 Å². The van der Waals surface area contributed by atoms with Crippen LogP contribution >= 0.6 is 37.2 Å². The average Bonchev–Trinajstić information content (AvgIpc) is 3.19. The van der Waals surface area contributed by atoms with Crippen molar-refractivity contribution in [3.05, 3.63) is 35.3 Å². The molecule has 0 bridgehead atoms. The van der Waals surface area contributed by atoms with E-state index in [1.54, 1.807) is 0 Å². The van der Waals surface area contributed by atoms with Crippen LogP contribution in [-0.4, -0.2) is 16.6 Å². The van der Waals surface area contributed by atoms with Crippen molar-refractivity contribution in [3.63, 3.8) is 0 Å². The summed E-state index contributed by atoms with van der Waals surface area (Å²) in [6.07, 6.45) is 6.33. The molecule has 3 rings (SSSR count). The number of hydrogen-bond donors (Lipinski definition) is 0. The van der Waals surface area contributed by atoms with Gasteiger partial charge < -0.3 is 0 Å². The number of halogens is 3. The van der Waals surface area contributed by atoms with Gasteiger partial charge in [0.25, 0.3) is 0 Å². The fraction of sp³-hybridized carbons (Fsp3) is 0.625. The van der Waals surface area contributed by atoms with Crippen LogP contribution in [0.2, 0.25) is 3.72 Å². The van der Waals surface area contributed by atoms with Gasteiger partial charge in [0.1, 0.15) is 0 Å². The molecule has 26 heavy (non-hydrogen) atoms. The number of allylic oxidation sites excluding steroid dienone is 3. The topological polar surface area (TPSA) is 74.2 Å². The summed E-state index contributed by atoms with van der Waals surface area (Å²) in [4.78, 5) is 0. The number of hydrogen-bond acceptors (Lipinski definition) is 6. The van der Waals surface area contributed by atoms with Gasteiger partial charge in [0.15, 0.2) is 0 Å². The van der Waals surface area contributed by atoms with Crippen molar-refractivity contribution in [2.75, 3.05) is 0 Å². The zero-order valence-corrected chi connectivity index (χ0v) is 23.6. The van der Waals surface area contributed by atoms with Crippen LogP contribution in [0.5, 0.6) is 0 Å². The molecule has 3 unspecified atom stereocenters. The summed E-state index contributed by atoms with van der Waals surface area (Å²) in [5.41, 5.74) is 1.08. The molecule has 3 atom stereocenters. The standard InChI is InChI=1S/C16H21N6.I3.Ti/c1-10-7-14(4,20-17-10)13(15(5)8-11(2)18-21-15)16(6)9-12(3)19-22-16;1-3-2;/h7-9H,1-6H3;;/q;-1;. The predicted molar refractivity (Wildman–Crippen MR) is 112 cm³/mol. The maximum atomic E-state index is 4.62. The normalized spacial score (nSPS) is 37.1. The molecule has 0 aliphatic carbocycles. The quantitative estimate of drug-likeness (QED) is 0.314. The summed E-state index contributed by atoms with van der Waals surface area (Å²) in [7, 11) is 0. The van der Waals surface area contributed by atoms with E-state index in [2.05, 4.69) is 127 Å². The Hall–Kier alpha value is 0.924. The second-order valence-electron chi connectivity index (χ2n) is 7.20. The van der Waals surface area contributed by atoms with Gasteiger partial charge in [-0.3, -0.25) is 0 Å². The summed E-state index contributed by atoms with van der Waals surface area (Å²) >= 11 is 7.47. The molecule has 3 aliphatic heterocycles. The molecule has 0 spiro atoms. The first-order valence-corrected chi connectivity index (χ1v) is 21.3. The molecule has 0 saturated heterocycles. The van der Waals surface area contributed by atoms with E-state index in [4.69, 9.17) is 0 Å². The molecular weight excluding hydrogens is 705 g/mol. The molecule has 0 fully saturated rings. The van der Waals surface area contributed by atoms with Crippen molar-refractivity contribution < 1.29 is 33.7 Å². The fourth-order valence-corrected chi connectivity index (χ4v) is 4.60. The third-order valence-corrected chi connectivity index (χ3v) is 7.36. The Bertz CT molecular complexity index is 676. The molecule has 3 aliphatic rings. The van der Waals surface area contributed by atoms with Crippen LogP contribution in [0.4, 0.5) is 0 Å². The Morgan fingerprint density at radius 3 is 1.15 bits per heavy atom. The maximum absolute atomic E-state index is 4.62. The molecule has 3 heterocycles. The van der Waals surface area contributed by atoms with E-state index in [1.807, 2.05) is 20.8 Å². The second-order valence-corrected chi connectivity index (χ2v) is 24.6. The van der Waals surface area contributed by atoms with Crippen LogP contribution in [0, 0.1) is 0 Å². The van der Waals surface area contributed by atoms with E-state index in [0.717, 1.165) is 17.1 Å². The van der Waals surface area contributed by atoms with Crippen molar-refractivity contribution in [1.29, 1.82) is 0 Å². The second kappa shape index (κ2) is 8.35. The van der Waals surface area contributed by atoms with Gasteiger partial charge >= 0.3 is 199 Å². The third kappa shape index (κ3) is 3.84. The van der Waals surface area contributed by atoms with E-state index in [0.29, 0.717) is 13.3 Å². The minimum absolute atomic E-state index is 0.517. The van der Waals surface area contributed by atoms with E-state index in [-0.39, 0.29) is 0 Å². The van der Waals surface area contributed by atoms with E-state index in [1.165, 1.54) is 0 Å². The van der Waals surface area contributed by atoms with Gasteiger partial charge in [-0.15, -0.1) is 0 Å². The van der Waals surface area contributed by atoms with Crippen LogP contribution in [0.15, 0.2) is 66.0 Å². The number of azo groups is 3. The SMILES string of the molecule is CC1=CC(C)([C]([Ti])(C2(C)C=C(C)N=N2)C2(C)C=C(C)N=N2)N=N1.I[I-]I. The van der Waals surface area contributed by atoms with E-state index < -0.39 is 20.3 Å². The van der Waals surface area contributed by atoms with Gasteiger partial charge in [0, 0.05) is 0 Å². The monoisotopic (exact) mass is 726 g/mol. The summed E-state index contributed by atoms with van der Waals surface area (Å²) < 4.78 is -0.517. The van der Waals surface area contributed by atoms with Crippen molar-refractivity contribution in [2.24, 2.45) is 30.7 Å². The molecule has 0 amide bonds. The Morgan fingerprint density at radius 1 is 0.769 bits per heavy atom. The van der Waals surface area contributed by atoms with Crippen molar-refractivity contribution in [1.82, 2.24) is 0 Å². The Morgan fingerprint density at radius 2 is 1.00 bits per heavy atom. The molecule has 0 N–H and O–H groups in total. The molecule has 141 valence electrons. The zero-order chi connectivity index (χ0) is 19.8. The van der Waals surface area contributed by atoms with Crippen molar-refractivity contribution >= 4 is 37.2 Å². The Balaban J connectivity index is 0.000000758. The molecule has 0 aromatic heterocycles. The molecule has 0 radical (unpaired) electrons. The zero-order valence-electron chi connectivity index (χ0n) is 15.5. The van der Waals surface area contributed by atoms with Gasteiger partial charge in [-0.2, -0.15) is 0 Å². The summed E-state index contributed by atoms with van der Waals surface area (Å²) in [5.74, 6) is 0.